The van der Waals surface area contributed by atoms with Gasteiger partial charge in [0.15, 0.2) is 0 Å². The normalized spacial score (nSPS) is 26.5. The van der Waals surface area contributed by atoms with Gasteiger partial charge in [-0.1, -0.05) is 43.2 Å². The molecule has 0 amide bonds. The van der Waals surface area contributed by atoms with E-state index in [9.17, 15) is 0 Å². The summed E-state index contributed by atoms with van der Waals surface area (Å²) in [6.45, 7) is 3.98. The number of hydrogen-bond donors (Lipinski definition) is 2. The first kappa shape index (κ1) is 15.0. The molecule has 3 heteroatoms. The van der Waals surface area contributed by atoms with Gasteiger partial charge in [-0.3, -0.25) is 0 Å². The van der Waals surface area contributed by atoms with Gasteiger partial charge in [-0.2, -0.15) is 0 Å². The largest absolute Gasteiger partial charge is 0.372 e. The zero-order chi connectivity index (χ0) is 14.3. The second-order valence-electron chi connectivity index (χ2n) is 6.48. The smallest absolute Gasteiger partial charge is 0.0744 e. The van der Waals surface area contributed by atoms with Gasteiger partial charge in [-0.15, -0.1) is 0 Å². The van der Waals surface area contributed by atoms with Crippen LogP contribution in [0, 0.1) is 5.92 Å². The summed E-state index contributed by atoms with van der Waals surface area (Å²) < 4.78 is 6.13. The summed E-state index contributed by atoms with van der Waals surface area (Å²) in [6.07, 6.45) is 7.16. The molecule has 0 unspecified atom stereocenters. The Bertz CT molecular complexity index is 403. The van der Waals surface area contributed by atoms with Crippen molar-refractivity contribution in [2.24, 2.45) is 5.92 Å². The van der Waals surface area contributed by atoms with E-state index in [0.717, 1.165) is 32.3 Å². The van der Waals surface area contributed by atoms with Crippen molar-refractivity contribution in [3.8, 4) is 0 Å². The van der Waals surface area contributed by atoms with Gasteiger partial charge in [0.1, 0.15) is 0 Å². The van der Waals surface area contributed by atoms with E-state index >= 15 is 0 Å². The highest BCUT2D eigenvalue weighted by molar-refractivity contribution is 5.13. The third-order valence-electron chi connectivity index (χ3n) is 4.89. The van der Waals surface area contributed by atoms with Crippen LogP contribution in [0.4, 0.5) is 0 Å². The first-order valence-electron chi connectivity index (χ1n) is 8.51. The Kier molecular flexibility index (Phi) is 5.67. The van der Waals surface area contributed by atoms with E-state index in [-0.39, 0.29) is 0 Å². The second kappa shape index (κ2) is 7.92. The quantitative estimate of drug-likeness (QED) is 0.809. The van der Waals surface area contributed by atoms with Crippen LogP contribution in [-0.2, 0) is 11.3 Å². The van der Waals surface area contributed by atoms with Crippen LogP contribution in [0.3, 0.4) is 0 Å². The molecule has 1 heterocycles. The maximum Gasteiger partial charge on any atom is 0.0744 e. The molecule has 0 bridgehead atoms. The summed E-state index contributed by atoms with van der Waals surface area (Å²) in [6, 6.07) is 11.3. The molecule has 1 aliphatic carbocycles. The van der Waals surface area contributed by atoms with Crippen molar-refractivity contribution in [1.82, 2.24) is 10.6 Å². The number of nitrogens with one attached hydrogen (secondary N) is 2. The molecule has 2 aliphatic rings. The highest BCUT2D eigenvalue weighted by Gasteiger charge is 2.27. The summed E-state index contributed by atoms with van der Waals surface area (Å²) in [7, 11) is 0. The zero-order valence-corrected chi connectivity index (χ0v) is 12.9. The fraction of sp³-hybridized carbons (Fsp3) is 0.667. The fourth-order valence-corrected chi connectivity index (χ4v) is 3.57. The third-order valence-corrected chi connectivity index (χ3v) is 4.89. The minimum atomic E-state index is 0.371. The molecule has 1 aromatic carbocycles. The van der Waals surface area contributed by atoms with Crippen molar-refractivity contribution < 1.29 is 4.74 Å². The highest BCUT2D eigenvalue weighted by Crippen LogP contribution is 2.20. The number of rotatable bonds is 7. The average Bonchev–Trinajstić information content (AvgIpc) is 3.18. The minimum absolute atomic E-state index is 0.371. The van der Waals surface area contributed by atoms with Crippen LogP contribution in [0.25, 0.3) is 0 Å². The van der Waals surface area contributed by atoms with Crippen LogP contribution in [0.15, 0.2) is 30.3 Å². The highest BCUT2D eigenvalue weighted by atomic mass is 16.5. The molecule has 2 N–H and O–H groups in total. The summed E-state index contributed by atoms with van der Waals surface area (Å²) in [5, 5.41) is 7.20. The van der Waals surface area contributed by atoms with Crippen molar-refractivity contribution in [1.29, 1.82) is 0 Å². The van der Waals surface area contributed by atoms with Gasteiger partial charge in [-0.25, -0.2) is 0 Å². The SMILES string of the molecule is c1ccc(CO[C@H]2CNC[C@@H]2CCNC2CCCC2)cc1. The lowest BCUT2D eigenvalue weighted by Gasteiger charge is -2.20. The molecule has 0 spiro atoms. The van der Waals surface area contributed by atoms with Crippen molar-refractivity contribution in [3.63, 3.8) is 0 Å². The van der Waals surface area contributed by atoms with Crippen LogP contribution < -0.4 is 10.6 Å². The van der Waals surface area contributed by atoms with Crippen molar-refractivity contribution in [2.75, 3.05) is 19.6 Å². The lowest BCUT2D eigenvalue weighted by Crippen LogP contribution is -2.31. The van der Waals surface area contributed by atoms with E-state index in [1.807, 2.05) is 0 Å². The van der Waals surface area contributed by atoms with Crippen LogP contribution in [0.2, 0.25) is 0 Å². The van der Waals surface area contributed by atoms with E-state index < -0.39 is 0 Å². The predicted octanol–water partition coefficient (Wildman–Crippen LogP) is 2.71. The molecule has 2 atom stereocenters. The van der Waals surface area contributed by atoms with Gasteiger partial charge < -0.3 is 15.4 Å². The van der Waals surface area contributed by atoms with Gasteiger partial charge in [0, 0.05) is 25.0 Å². The number of ether oxygens (including phenoxy) is 1. The Labute approximate surface area is 128 Å². The maximum atomic E-state index is 6.13. The van der Waals surface area contributed by atoms with E-state index in [2.05, 4.69) is 41.0 Å². The molecule has 1 aromatic rings. The molecule has 2 fully saturated rings. The van der Waals surface area contributed by atoms with E-state index in [1.165, 1.54) is 37.7 Å². The Morgan fingerprint density at radius 1 is 1.10 bits per heavy atom. The molecule has 3 rings (SSSR count). The summed E-state index contributed by atoms with van der Waals surface area (Å²) in [5.74, 6) is 0.655. The Hall–Kier alpha value is -0.900. The second-order valence-corrected chi connectivity index (χ2v) is 6.48. The van der Waals surface area contributed by atoms with Gasteiger partial charge in [0.2, 0.25) is 0 Å². The van der Waals surface area contributed by atoms with Crippen LogP contribution >= 0.6 is 0 Å². The number of hydrogen-bond acceptors (Lipinski definition) is 3. The van der Waals surface area contributed by atoms with Crippen molar-refractivity contribution in [3.05, 3.63) is 35.9 Å². The molecule has 3 nitrogen and oxygen atoms in total. The van der Waals surface area contributed by atoms with Gasteiger partial charge in [0.05, 0.1) is 12.7 Å². The van der Waals surface area contributed by atoms with E-state index in [4.69, 9.17) is 4.74 Å². The molecule has 1 saturated carbocycles. The predicted molar refractivity (Wildman–Crippen MR) is 86.3 cm³/mol. The van der Waals surface area contributed by atoms with Gasteiger partial charge >= 0.3 is 0 Å². The molecule has 21 heavy (non-hydrogen) atoms. The summed E-state index contributed by atoms with van der Waals surface area (Å²) >= 11 is 0. The van der Waals surface area contributed by atoms with Crippen LogP contribution in [0.5, 0.6) is 0 Å². The van der Waals surface area contributed by atoms with Crippen LogP contribution in [-0.4, -0.2) is 31.8 Å². The van der Waals surface area contributed by atoms with Gasteiger partial charge in [-0.05, 0) is 31.4 Å². The monoisotopic (exact) mass is 288 g/mol. The molecule has 1 saturated heterocycles. The molecule has 1 aliphatic heterocycles. The topological polar surface area (TPSA) is 33.3 Å². The maximum absolute atomic E-state index is 6.13. The average molecular weight is 288 g/mol. The summed E-state index contributed by atoms with van der Waals surface area (Å²) in [5.41, 5.74) is 1.27. The number of benzene rings is 1. The van der Waals surface area contributed by atoms with Crippen molar-refractivity contribution >= 4 is 0 Å². The fourth-order valence-electron chi connectivity index (χ4n) is 3.57. The molecular weight excluding hydrogens is 260 g/mol. The van der Waals surface area contributed by atoms with Crippen LogP contribution in [0.1, 0.15) is 37.7 Å². The molecule has 116 valence electrons. The lowest BCUT2D eigenvalue weighted by atomic mass is 10.0. The molecule has 0 radical (unpaired) electrons. The first-order chi connectivity index (χ1) is 10.4. The molecule has 0 aromatic heterocycles. The lowest BCUT2D eigenvalue weighted by molar-refractivity contribution is 0.0236. The standard InChI is InChI=1S/C18H28N2O/c1-2-6-15(7-3-1)14-21-18-13-19-12-16(18)10-11-20-17-8-4-5-9-17/h1-3,6-7,16-20H,4-5,8-14H2/t16-,18-/m0/s1. The van der Waals surface area contributed by atoms with E-state index in [0.29, 0.717) is 12.0 Å². The Morgan fingerprint density at radius 2 is 1.90 bits per heavy atom. The molecular formula is C18H28N2O. The zero-order valence-electron chi connectivity index (χ0n) is 12.9. The van der Waals surface area contributed by atoms with Crippen molar-refractivity contribution in [2.45, 2.75) is 50.9 Å². The minimum Gasteiger partial charge on any atom is -0.372 e. The Balaban J connectivity index is 1.38. The third kappa shape index (κ3) is 4.53. The van der Waals surface area contributed by atoms with E-state index in [1.54, 1.807) is 0 Å². The first-order valence-corrected chi connectivity index (χ1v) is 8.51. The van der Waals surface area contributed by atoms with Gasteiger partial charge in [0.25, 0.3) is 0 Å². The summed E-state index contributed by atoms with van der Waals surface area (Å²) in [4.78, 5) is 0. The Morgan fingerprint density at radius 3 is 2.71 bits per heavy atom.